The van der Waals surface area contributed by atoms with Crippen molar-refractivity contribution in [3.05, 3.63) is 64.7 Å². The van der Waals surface area contributed by atoms with E-state index in [0.717, 1.165) is 11.1 Å². The van der Waals surface area contributed by atoms with Gasteiger partial charge in [0.2, 0.25) is 0 Å². The molecule has 1 heterocycles. The lowest BCUT2D eigenvalue weighted by Crippen LogP contribution is -1.99. The van der Waals surface area contributed by atoms with Gasteiger partial charge < -0.3 is 9.63 Å². The molecular weight excluding hydrogens is 302 g/mol. The Morgan fingerprint density at radius 1 is 1.14 bits per heavy atom. The van der Waals surface area contributed by atoms with Gasteiger partial charge >= 0.3 is 5.97 Å². The molecular formula is C17H12ClNO3. The molecule has 4 nitrogen and oxygen atoms in total. The Balaban J connectivity index is 2.12. The number of aromatic carboxylic acids is 1. The summed E-state index contributed by atoms with van der Waals surface area (Å²) in [4.78, 5) is 11.3. The number of hydrogen-bond acceptors (Lipinski definition) is 3. The van der Waals surface area contributed by atoms with Crippen molar-refractivity contribution in [3.63, 3.8) is 0 Å². The van der Waals surface area contributed by atoms with Crippen molar-refractivity contribution in [3.8, 4) is 22.6 Å². The SMILES string of the molecule is Cc1c(-c2ccc(Cl)cc2)noc1-c1ccccc1C(=O)O. The summed E-state index contributed by atoms with van der Waals surface area (Å²) in [7, 11) is 0. The van der Waals surface area contributed by atoms with Gasteiger partial charge in [0, 0.05) is 21.7 Å². The van der Waals surface area contributed by atoms with Gasteiger partial charge in [0.05, 0.1) is 5.56 Å². The second-order valence-corrected chi connectivity index (χ2v) is 5.28. The van der Waals surface area contributed by atoms with Gasteiger partial charge in [-0.05, 0) is 25.1 Å². The van der Waals surface area contributed by atoms with E-state index in [9.17, 15) is 9.90 Å². The molecule has 0 amide bonds. The van der Waals surface area contributed by atoms with Crippen LogP contribution in [0.4, 0.5) is 0 Å². The van der Waals surface area contributed by atoms with Gasteiger partial charge in [-0.3, -0.25) is 0 Å². The molecule has 0 unspecified atom stereocenters. The summed E-state index contributed by atoms with van der Waals surface area (Å²) in [6, 6.07) is 13.9. The highest BCUT2D eigenvalue weighted by Crippen LogP contribution is 2.33. The Morgan fingerprint density at radius 2 is 1.82 bits per heavy atom. The average molecular weight is 314 g/mol. The number of carboxylic acids is 1. The molecule has 0 aliphatic heterocycles. The molecule has 3 rings (SSSR count). The minimum absolute atomic E-state index is 0.185. The van der Waals surface area contributed by atoms with E-state index in [0.29, 0.717) is 22.0 Å². The van der Waals surface area contributed by atoms with Crippen molar-refractivity contribution in [2.45, 2.75) is 6.92 Å². The number of carboxylic acid groups (broad SMARTS) is 1. The molecule has 0 saturated heterocycles. The average Bonchev–Trinajstić information content (AvgIpc) is 2.89. The van der Waals surface area contributed by atoms with Crippen LogP contribution in [-0.4, -0.2) is 16.2 Å². The third-order valence-corrected chi connectivity index (χ3v) is 3.70. The van der Waals surface area contributed by atoms with Crippen molar-refractivity contribution in [1.82, 2.24) is 5.16 Å². The third kappa shape index (κ3) is 2.49. The van der Waals surface area contributed by atoms with E-state index in [1.807, 2.05) is 19.1 Å². The molecule has 1 aromatic heterocycles. The first-order chi connectivity index (χ1) is 10.6. The van der Waals surface area contributed by atoms with Crippen LogP contribution >= 0.6 is 11.6 Å². The first-order valence-corrected chi connectivity index (χ1v) is 7.00. The molecule has 0 radical (unpaired) electrons. The summed E-state index contributed by atoms with van der Waals surface area (Å²) in [5.41, 5.74) is 3.03. The summed E-state index contributed by atoms with van der Waals surface area (Å²) in [6.45, 7) is 1.86. The minimum atomic E-state index is -1.00. The molecule has 3 aromatic rings. The number of nitrogens with zero attached hydrogens (tertiary/aromatic N) is 1. The van der Waals surface area contributed by atoms with Gasteiger partial charge in [0.25, 0.3) is 0 Å². The molecule has 0 atom stereocenters. The number of rotatable bonds is 3. The van der Waals surface area contributed by atoms with E-state index in [-0.39, 0.29) is 5.56 Å². The van der Waals surface area contributed by atoms with E-state index >= 15 is 0 Å². The molecule has 2 aromatic carbocycles. The largest absolute Gasteiger partial charge is 0.478 e. The Hall–Kier alpha value is -2.59. The number of benzene rings is 2. The molecule has 0 spiro atoms. The van der Waals surface area contributed by atoms with Crippen molar-refractivity contribution in [2.75, 3.05) is 0 Å². The van der Waals surface area contributed by atoms with Crippen LogP contribution in [-0.2, 0) is 0 Å². The van der Waals surface area contributed by atoms with E-state index in [1.54, 1.807) is 36.4 Å². The lowest BCUT2D eigenvalue weighted by Gasteiger charge is -2.03. The predicted molar refractivity (Wildman–Crippen MR) is 84.1 cm³/mol. The summed E-state index contributed by atoms with van der Waals surface area (Å²) in [6.07, 6.45) is 0. The minimum Gasteiger partial charge on any atom is -0.478 e. The fraction of sp³-hybridized carbons (Fsp3) is 0.0588. The van der Waals surface area contributed by atoms with Crippen molar-refractivity contribution >= 4 is 17.6 Å². The fourth-order valence-electron chi connectivity index (χ4n) is 2.33. The molecule has 0 aliphatic rings. The molecule has 110 valence electrons. The van der Waals surface area contributed by atoms with Gasteiger partial charge in [0.15, 0.2) is 5.76 Å². The molecule has 22 heavy (non-hydrogen) atoms. The fourth-order valence-corrected chi connectivity index (χ4v) is 2.46. The number of halogens is 1. The molecule has 0 aliphatic carbocycles. The van der Waals surface area contributed by atoms with Crippen LogP contribution in [0.3, 0.4) is 0 Å². The zero-order chi connectivity index (χ0) is 15.7. The van der Waals surface area contributed by atoms with Gasteiger partial charge in [-0.15, -0.1) is 0 Å². The number of hydrogen-bond donors (Lipinski definition) is 1. The van der Waals surface area contributed by atoms with Crippen LogP contribution in [0.15, 0.2) is 53.1 Å². The van der Waals surface area contributed by atoms with Crippen LogP contribution in [0.2, 0.25) is 5.02 Å². The van der Waals surface area contributed by atoms with E-state index < -0.39 is 5.97 Å². The van der Waals surface area contributed by atoms with Crippen LogP contribution in [0.1, 0.15) is 15.9 Å². The van der Waals surface area contributed by atoms with Crippen LogP contribution < -0.4 is 0 Å². The Bertz CT molecular complexity index is 837. The van der Waals surface area contributed by atoms with E-state index in [4.69, 9.17) is 16.1 Å². The van der Waals surface area contributed by atoms with Crippen LogP contribution in [0, 0.1) is 6.92 Å². The van der Waals surface area contributed by atoms with Gasteiger partial charge in [-0.1, -0.05) is 47.1 Å². The van der Waals surface area contributed by atoms with Crippen molar-refractivity contribution in [1.29, 1.82) is 0 Å². The van der Waals surface area contributed by atoms with Gasteiger partial charge in [0.1, 0.15) is 5.69 Å². The smallest absolute Gasteiger partial charge is 0.336 e. The zero-order valence-electron chi connectivity index (χ0n) is 11.7. The quantitative estimate of drug-likeness (QED) is 0.763. The summed E-state index contributed by atoms with van der Waals surface area (Å²) < 4.78 is 5.41. The maximum Gasteiger partial charge on any atom is 0.336 e. The maximum atomic E-state index is 11.3. The highest BCUT2D eigenvalue weighted by atomic mass is 35.5. The molecule has 0 bridgehead atoms. The summed E-state index contributed by atoms with van der Waals surface area (Å²) in [5, 5.41) is 14.0. The zero-order valence-corrected chi connectivity index (χ0v) is 12.5. The van der Waals surface area contributed by atoms with Gasteiger partial charge in [-0.2, -0.15) is 0 Å². The Labute approximate surface area is 131 Å². The number of aromatic nitrogens is 1. The number of carbonyl (C=O) groups is 1. The highest BCUT2D eigenvalue weighted by molar-refractivity contribution is 6.30. The first kappa shape index (κ1) is 14.4. The monoisotopic (exact) mass is 313 g/mol. The highest BCUT2D eigenvalue weighted by Gasteiger charge is 2.20. The Morgan fingerprint density at radius 3 is 2.50 bits per heavy atom. The predicted octanol–water partition coefficient (Wildman–Crippen LogP) is 4.67. The normalized spacial score (nSPS) is 10.6. The summed E-state index contributed by atoms with van der Waals surface area (Å²) >= 11 is 5.89. The standard InChI is InChI=1S/C17H12ClNO3/c1-10-15(11-6-8-12(18)9-7-11)19-22-16(10)13-4-2-3-5-14(13)17(20)21/h2-9H,1H3,(H,20,21). The molecule has 5 heteroatoms. The van der Waals surface area contributed by atoms with Crippen molar-refractivity contribution in [2.24, 2.45) is 0 Å². The summed E-state index contributed by atoms with van der Waals surface area (Å²) in [5.74, 6) is -0.539. The molecule has 1 N–H and O–H groups in total. The van der Waals surface area contributed by atoms with Crippen molar-refractivity contribution < 1.29 is 14.4 Å². The first-order valence-electron chi connectivity index (χ1n) is 6.63. The lowest BCUT2D eigenvalue weighted by atomic mass is 10.00. The van der Waals surface area contributed by atoms with E-state index in [1.165, 1.54) is 0 Å². The van der Waals surface area contributed by atoms with Crippen LogP contribution in [0.5, 0.6) is 0 Å². The molecule has 0 fully saturated rings. The van der Waals surface area contributed by atoms with E-state index in [2.05, 4.69) is 5.16 Å². The topological polar surface area (TPSA) is 63.3 Å². The third-order valence-electron chi connectivity index (χ3n) is 3.44. The Kier molecular flexibility index (Phi) is 3.69. The maximum absolute atomic E-state index is 11.3. The molecule has 0 saturated carbocycles. The van der Waals surface area contributed by atoms with Gasteiger partial charge in [-0.25, -0.2) is 4.79 Å². The van der Waals surface area contributed by atoms with Crippen LogP contribution in [0.25, 0.3) is 22.6 Å². The second kappa shape index (κ2) is 5.66. The second-order valence-electron chi connectivity index (χ2n) is 4.84. The lowest BCUT2D eigenvalue weighted by molar-refractivity contribution is 0.0697.